The Kier molecular flexibility index (Phi) is 4.86. The van der Waals surface area contributed by atoms with Crippen molar-refractivity contribution in [3.63, 3.8) is 0 Å². The summed E-state index contributed by atoms with van der Waals surface area (Å²) in [6, 6.07) is 2.45. The van der Waals surface area contributed by atoms with Crippen LogP contribution in [0.4, 0.5) is 4.39 Å². The number of aliphatic carboxylic acids is 1. The molecule has 0 amide bonds. The number of phenolic OH excluding ortho intramolecular Hbond substituents is 1. The Morgan fingerprint density at radius 3 is 2.82 bits per heavy atom. The number of aromatic hydroxyl groups is 1. The van der Waals surface area contributed by atoms with Crippen molar-refractivity contribution < 1.29 is 24.1 Å². The van der Waals surface area contributed by atoms with Crippen LogP contribution in [0.3, 0.4) is 0 Å². The van der Waals surface area contributed by atoms with E-state index in [0.29, 0.717) is 13.2 Å². The maximum atomic E-state index is 13.1. The smallest absolute Gasteiger partial charge is 0.325 e. The second kappa shape index (κ2) is 6.17. The monoisotopic (exact) mass is 243 g/mol. The number of carbonyl (C=O) groups is 1. The average molecular weight is 243 g/mol. The number of methoxy groups -OCH3 is 1. The summed E-state index contributed by atoms with van der Waals surface area (Å²) in [6.07, 6.45) is 0. The summed E-state index contributed by atoms with van der Waals surface area (Å²) in [5.74, 6) is -2.47. The molecule has 1 aromatic rings. The Hall–Kier alpha value is -1.66. The molecule has 3 N–H and O–H groups in total. The van der Waals surface area contributed by atoms with E-state index < -0.39 is 23.6 Å². The zero-order chi connectivity index (χ0) is 12.8. The molecule has 17 heavy (non-hydrogen) atoms. The highest BCUT2D eigenvalue weighted by Gasteiger charge is 2.20. The van der Waals surface area contributed by atoms with E-state index in [9.17, 15) is 9.18 Å². The van der Waals surface area contributed by atoms with Gasteiger partial charge in [-0.15, -0.1) is 0 Å². The van der Waals surface area contributed by atoms with Gasteiger partial charge in [-0.2, -0.15) is 0 Å². The third kappa shape index (κ3) is 3.69. The van der Waals surface area contributed by atoms with Gasteiger partial charge in [-0.1, -0.05) is 6.07 Å². The Morgan fingerprint density at radius 1 is 1.59 bits per heavy atom. The summed E-state index contributed by atoms with van der Waals surface area (Å²) >= 11 is 0. The normalized spacial score (nSPS) is 12.4. The first-order valence-corrected chi connectivity index (χ1v) is 4.99. The van der Waals surface area contributed by atoms with Crippen molar-refractivity contribution in [2.24, 2.45) is 0 Å². The van der Waals surface area contributed by atoms with E-state index in [1.54, 1.807) is 0 Å². The number of rotatable bonds is 6. The molecule has 0 saturated heterocycles. The van der Waals surface area contributed by atoms with Gasteiger partial charge < -0.3 is 14.9 Å². The number of hydrogen-bond donors (Lipinski definition) is 3. The number of hydrogen-bond acceptors (Lipinski definition) is 4. The number of carboxylic acids is 1. The average Bonchev–Trinajstić information content (AvgIpc) is 2.28. The minimum atomic E-state index is -1.12. The summed E-state index contributed by atoms with van der Waals surface area (Å²) in [6.45, 7) is 0.681. The lowest BCUT2D eigenvalue weighted by Gasteiger charge is -2.14. The van der Waals surface area contributed by atoms with Crippen LogP contribution < -0.4 is 5.32 Å². The van der Waals surface area contributed by atoms with E-state index in [-0.39, 0.29) is 5.56 Å². The molecule has 0 heterocycles. The number of nitrogens with one attached hydrogen (secondary N) is 1. The van der Waals surface area contributed by atoms with Crippen molar-refractivity contribution in [1.82, 2.24) is 5.32 Å². The summed E-state index contributed by atoms with van der Waals surface area (Å²) in [5, 5.41) is 20.7. The third-order valence-electron chi connectivity index (χ3n) is 2.21. The van der Waals surface area contributed by atoms with Crippen LogP contribution in [-0.2, 0) is 9.53 Å². The van der Waals surface area contributed by atoms with Crippen LogP contribution in [0.5, 0.6) is 5.75 Å². The summed E-state index contributed by atoms with van der Waals surface area (Å²) in [7, 11) is 1.50. The fourth-order valence-electron chi connectivity index (χ4n) is 1.36. The van der Waals surface area contributed by atoms with E-state index in [1.807, 2.05) is 0 Å². The Bertz CT molecular complexity index is 397. The van der Waals surface area contributed by atoms with Crippen molar-refractivity contribution >= 4 is 5.97 Å². The molecule has 1 aromatic carbocycles. The molecule has 1 rings (SSSR count). The predicted molar refractivity (Wildman–Crippen MR) is 58.3 cm³/mol. The number of halogens is 1. The van der Waals surface area contributed by atoms with Crippen molar-refractivity contribution in [2.45, 2.75) is 6.04 Å². The molecule has 0 saturated carbocycles. The van der Waals surface area contributed by atoms with Crippen molar-refractivity contribution in [3.05, 3.63) is 29.6 Å². The van der Waals surface area contributed by atoms with Gasteiger partial charge in [0.25, 0.3) is 0 Å². The zero-order valence-electron chi connectivity index (χ0n) is 9.31. The molecule has 0 spiro atoms. The summed E-state index contributed by atoms with van der Waals surface area (Å²) in [4.78, 5) is 11.0. The molecular formula is C11H14FNO4. The van der Waals surface area contributed by atoms with Crippen LogP contribution in [0.15, 0.2) is 18.2 Å². The highest BCUT2D eigenvalue weighted by atomic mass is 19.1. The van der Waals surface area contributed by atoms with Gasteiger partial charge in [0.1, 0.15) is 6.04 Å². The lowest BCUT2D eigenvalue weighted by Crippen LogP contribution is -2.31. The molecule has 0 bridgehead atoms. The van der Waals surface area contributed by atoms with Gasteiger partial charge >= 0.3 is 5.97 Å². The van der Waals surface area contributed by atoms with Gasteiger partial charge in [-0.05, 0) is 17.7 Å². The van der Waals surface area contributed by atoms with Crippen LogP contribution in [0.25, 0.3) is 0 Å². The molecule has 1 unspecified atom stereocenters. The maximum absolute atomic E-state index is 13.1. The molecule has 0 aliphatic carbocycles. The standard InChI is InChI=1S/C11H14FNO4/c1-17-5-4-13-10(11(15)16)7-2-3-9(14)8(12)6-7/h2-3,6,10,13-14H,4-5H2,1H3,(H,15,16). The predicted octanol–water partition coefficient (Wildman–Crippen LogP) is 0.893. The first kappa shape index (κ1) is 13.4. The molecular weight excluding hydrogens is 229 g/mol. The van der Waals surface area contributed by atoms with Crippen LogP contribution in [0.1, 0.15) is 11.6 Å². The first-order chi connectivity index (χ1) is 8.06. The van der Waals surface area contributed by atoms with Crippen LogP contribution in [0, 0.1) is 5.82 Å². The van der Waals surface area contributed by atoms with Crippen molar-refractivity contribution in [1.29, 1.82) is 0 Å². The van der Waals surface area contributed by atoms with Crippen LogP contribution in [0.2, 0.25) is 0 Å². The molecule has 0 aromatic heterocycles. The van der Waals surface area contributed by atoms with E-state index >= 15 is 0 Å². The Balaban J connectivity index is 2.82. The highest BCUT2D eigenvalue weighted by Crippen LogP contribution is 2.21. The van der Waals surface area contributed by atoms with Gasteiger partial charge in [-0.3, -0.25) is 10.1 Å². The van der Waals surface area contributed by atoms with Crippen molar-refractivity contribution in [3.8, 4) is 5.75 Å². The second-order valence-electron chi connectivity index (χ2n) is 3.43. The van der Waals surface area contributed by atoms with Gasteiger partial charge in [0.2, 0.25) is 0 Å². The number of phenols is 1. The molecule has 1 atom stereocenters. The topological polar surface area (TPSA) is 78.8 Å². The largest absolute Gasteiger partial charge is 0.505 e. The van der Waals surface area contributed by atoms with Crippen LogP contribution in [-0.4, -0.2) is 36.4 Å². The van der Waals surface area contributed by atoms with E-state index in [0.717, 1.165) is 12.1 Å². The number of ether oxygens (including phenoxy) is 1. The molecule has 0 aliphatic rings. The minimum Gasteiger partial charge on any atom is -0.505 e. The maximum Gasteiger partial charge on any atom is 0.325 e. The number of carboxylic acid groups (broad SMARTS) is 1. The molecule has 0 fully saturated rings. The SMILES string of the molecule is COCCNC(C(=O)O)c1ccc(O)c(F)c1. The molecule has 5 nitrogen and oxygen atoms in total. The van der Waals surface area contributed by atoms with Gasteiger partial charge in [0, 0.05) is 13.7 Å². The lowest BCUT2D eigenvalue weighted by molar-refractivity contribution is -0.139. The molecule has 0 radical (unpaired) electrons. The van der Waals surface area contributed by atoms with Gasteiger partial charge in [0.05, 0.1) is 6.61 Å². The summed E-state index contributed by atoms with van der Waals surface area (Å²) in [5.41, 5.74) is 0.240. The second-order valence-corrected chi connectivity index (χ2v) is 3.43. The lowest BCUT2D eigenvalue weighted by atomic mass is 10.1. The Labute approximate surface area is 97.8 Å². The zero-order valence-corrected chi connectivity index (χ0v) is 9.31. The third-order valence-corrected chi connectivity index (χ3v) is 2.21. The molecule has 0 aliphatic heterocycles. The number of benzene rings is 1. The Morgan fingerprint density at radius 2 is 2.29 bits per heavy atom. The molecule has 6 heteroatoms. The van der Waals surface area contributed by atoms with E-state index in [1.165, 1.54) is 13.2 Å². The summed E-state index contributed by atoms with van der Waals surface area (Å²) < 4.78 is 17.9. The first-order valence-electron chi connectivity index (χ1n) is 4.99. The minimum absolute atomic E-state index is 0.240. The van der Waals surface area contributed by atoms with Gasteiger partial charge in [-0.25, -0.2) is 4.39 Å². The van der Waals surface area contributed by atoms with E-state index in [4.69, 9.17) is 14.9 Å². The molecule has 94 valence electrons. The van der Waals surface area contributed by atoms with Crippen LogP contribution >= 0.6 is 0 Å². The van der Waals surface area contributed by atoms with Crippen molar-refractivity contribution in [2.75, 3.05) is 20.3 Å². The van der Waals surface area contributed by atoms with Gasteiger partial charge in [0.15, 0.2) is 11.6 Å². The van der Waals surface area contributed by atoms with E-state index in [2.05, 4.69) is 5.32 Å². The fraction of sp³-hybridized carbons (Fsp3) is 0.364. The fourth-order valence-corrected chi connectivity index (χ4v) is 1.36. The highest BCUT2D eigenvalue weighted by molar-refractivity contribution is 5.75. The quantitative estimate of drug-likeness (QED) is 0.647.